The Balaban J connectivity index is 1.67. The number of amidine groups is 1. The third-order valence-corrected chi connectivity index (χ3v) is 5.39. The van der Waals surface area contributed by atoms with E-state index in [1.54, 1.807) is 0 Å². The Hall–Kier alpha value is -2.29. The largest absolute Gasteiger partial charge is 0.409 e. The number of aromatic nitrogens is 2. The standard InChI is InChI=1S/C14H17BrFN7O4S/c15-9-5-8(1-2-10(9)16)20-13(21-24)11-12(23-27-22-11)18-6-14(3-4-14)7-19-28(17,25)26/h1-2,5,19,24H,3-4,6-7H2,(H,18,23)(H,20,21)(H2,17,25,26). The second-order valence-electron chi connectivity index (χ2n) is 6.38. The van der Waals surface area contributed by atoms with Crippen molar-refractivity contribution in [2.24, 2.45) is 15.7 Å². The molecule has 0 saturated heterocycles. The van der Waals surface area contributed by atoms with E-state index in [1.807, 2.05) is 0 Å². The molecule has 1 aliphatic carbocycles. The molecule has 0 bridgehead atoms. The van der Waals surface area contributed by atoms with Crippen LogP contribution >= 0.6 is 15.9 Å². The zero-order valence-electron chi connectivity index (χ0n) is 14.3. The molecule has 0 spiro atoms. The van der Waals surface area contributed by atoms with Crippen molar-refractivity contribution in [1.82, 2.24) is 15.0 Å². The van der Waals surface area contributed by atoms with Gasteiger partial charge in [0.1, 0.15) is 5.82 Å². The number of oxime groups is 1. The zero-order chi connectivity index (χ0) is 20.4. The fraction of sp³-hybridized carbons (Fsp3) is 0.357. The van der Waals surface area contributed by atoms with Crippen LogP contribution in [-0.4, -0.2) is 42.9 Å². The number of halogens is 2. The highest BCUT2D eigenvalue weighted by Gasteiger charge is 2.43. The molecule has 0 radical (unpaired) electrons. The lowest BCUT2D eigenvalue weighted by Crippen LogP contribution is -2.37. The zero-order valence-corrected chi connectivity index (χ0v) is 16.7. The summed E-state index contributed by atoms with van der Waals surface area (Å²) >= 11 is 3.07. The van der Waals surface area contributed by atoms with Crippen LogP contribution in [0.3, 0.4) is 0 Å². The number of hydrogen-bond donors (Lipinski definition) is 5. The van der Waals surface area contributed by atoms with Gasteiger partial charge < -0.3 is 15.8 Å². The summed E-state index contributed by atoms with van der Waals surface area (Å²) in [6, 6.07) is 4.14. The average molecular weight is 478 g/mol. The summed E-state index contributed by atoms with van der Waals surface area (Å²) in [5.41, 5.74) is 0.234. The van der Waals surface area contributed by atoms with Gasteiger partial charge in [-0.25, -0.2) is 18.9 Å². The van der Waals surface area contributed by atoms with Crippen molar-refractivity contribution in [2.75, 3.05) is 23.7 Å². The maximum Gasteiger partial charge on any atom is 0.274 e. The summed E-state index contributed by atoms with van der Waals surface area (Å²) in [6.45, 7) is 0.555. The Morgan fingerprint density at radius 2 is 2.14 bits per heavy atom. The van der Waals surface area contributed by atoms with E-state index in [0.29, 0.717) is 12.2 Å². The summed E-state index contributed by atoms with van der Waals surface area (Å²) in [6.07, 6.45) is 1.60. The highest BCUT2D eigenvalue weighted by molar-refractivity contribution is 9.10. The fourth-order valence-electron chi connectivity index (χ4n) is 2.42. The van der Waals surface area contributed by atoms with Crippen LogP contribution in [0.2, 0.25) is 0 Å². The van der Waals surface area contributed by atoms with Gasteiger partial charge in [-0.1, -0.05) is 5.16 Å². The van der Waals surface area contributed by atoms with Gasteiger partial charge in [0.05, 0.1) is 4.47 Å². The number of nitrogens with two attached hydrogens (primary N) is 1. The molecule has 0 amide bonds. The minimum Gasteiger partial charge on any atom is -0.409 e. The highest BCUT2D eigenvalue weighted by atomic mass is 79.9. The minimum absolute atomic E-state index is 0.0743. The van der Waals surface area contributed by atoms with E-state index < -0.39 is 16.0 Å². The molecule has 1 aliphatic rings. The maximum atomic E-state index is 13.4. The van der Waals surface area contributed by atoms with Crippen LogP contribution in [0.4, 0.5) is 15.9 Å². The smallest absolute Gasteiger partial charge is 0.274 e. The Labute approximate surface area is 167 Å². The molecular formula is C14H17BrFN7O4S. The van der Waals surface area contributed by atoms with E-state index in [2.05, 4.69) is 46.8 Å². The molecule has 11 nitrogen and oxygen atoms in total. The highest BCUT2D eigenvalue weighted by Crippen LogP contribution is 2.45. The topological polar surface area (TPSA) is 168 Å². The van der Waals surface area contributed by atoms with Gasteiger partial charge in [0.2, 0.25) is 11.7 Å². The minimum atomic E-state index is -3.77. The van der Waals surface area contributed by atoms with Crippen LogP contribution < -0.4 is 20.5 Å². The van der Waals surface area contributed by atoms with Gasteiger partial charge >= 0.3 is 0 Å². The quantitative estimate of drug-likeness (QED) is 0.163. The molecular weight excluding hydrogens is 461 g/mol. The number of nitrogens with zero attached hydrogens (tertiary/aromatic N) is 3. The van der Waals surface area contributed by atoms with Gasteiger partial charge in [0, 0.05) is 24.2 Å². The first-order valence-corrected chi connectivity index (χ1v) is 10.3. The van der Waals surface area contributed by atoms with Gasteiger partial charge in [-0.2, -0.15) is 8.42 Å². The lowest BCUT2D eigenvalue weighted by Gasteiger charge is -2.16. The van der Waals surface area contributed by atoms with E-state index in [1.165, 1.54) is 18.2 Å². The van der Waals surface area contributed by atoms with Gasteiger partial charge in [0.25, 0.3) is 10.2 Å². The molecule has 1 fully saturated rings. The second-order valence-corrected chi connectivity index (χ2v) is 8.62. The normalized spacial score (nSPS) is 16.0. The Morgan fingerprint density at radius 1 is 1.39 bits per heavy atom. The maximum absolute atomic E-state index is 13.4. The lowest BCUT2D eigenvalue weighted by molar-refractivity contribution is 0.304. The van der Waals surface area contributed by atoms with E-state index in [-0.39, 0.29) is 33.8 Å². The van der Waals surface area contributed by atoms with Crippen molar-refractivity contribution >= 4 is 43.5 Å². The van der Waals surface area contributed by atoms with E-state index in [4.69, 9.17) is 9.77 Å². The van der Waals surface area contributed by atoms with Gasteiger partial charge in [0.15, 0.2) is 5.69 Å². The molecule has 1 heterocycles. The summed E-state index contributed by atoms with van der Waals surface area (Å²) < 4.78 is 42.7. The SMILES string of the molecule is NS(=O)(=O)NCC1(CNc2nonc2C(=NO)Nc2ccc(F)c(Br)c2)CC1. The molecule has 1 aromatic carbocycles. The first-order chi connectivity index (χ1) is 13.2. The summed E-state index contributed by atoms with van der Waals surface area (Å²) in [5.74, 6) is -0.320. The van der Waals surface area contributed by atoms with Crippen LogP contribution in [0.5, 0.6) is 0 Å². The summed E-state index contributed by atoms with van der Waals surface area (Å²) in [4.78, 5) is 0. The van der Waals surface area contributed by atoms with Crippen molar-refractivity contribution in [3.8, 4) is 0 Å². The third-order valence-electron chi connectivity index (χ3n) is 4.23. The summed E-state index contributed by atoms with van der Waals surface area (Å²) in [7, 11) is -3.77. The van der Waals surface area contributed by atoms with Gasteiger partial charge in [-0.05, 0) is 57.3 Å². The number of hydrogen-bond acceptors (Lipinski definition) is 8. The average Bonchev–Trinajstić information content (AvgIpc) is 3.27. The number of rotatable bonds is 8. The first-order valence-electron chi connectivity index (χ1n) is 8.00. The third kappa shape index (κ3) is 5.15. The van der Waals surface area contributed by atoms with Crippen LogP contribution in [-0.2, 0) is 10.2 Å². The van der Waals surface area contributed by atoms with Crippen LogP contribution in [0, 0.1) is 11.2 Å². The molecule has 152 valence electrons. The van der Waals surface area contributed by atoms with Crippen molar-refractivity contribution in [3.63, 3.8) is 0 Å². The molecule has 1 saturated carbocycles. The molecule has 3 rings (SSSR count). The molecule has 0 aliphatic heterocycles. The van der Waals surface area contributed by atoms with Gasteiger partial charge in [-0.3, -0.25) is 0 Å². The second kappa shape index (κ2) is 7.98. The molecule has 28 heavy (non-hydrogen) atoms. The lowest BCUT2D eigenvalue weighted by atomic mass is 10.1. The van der Waals surface area contributed by atoms with Crippen molar-refractivity contribution < 1.29 is 22.6 Å². The Bertz CT molecular complexity index is 993. The van der Waals surface area contributed by atoms with E-state index in [0.717, 1.165) is 12.8 Å². The monoisotopic (exact) mass is 477 g/mol. The number of nitrogens with one attached hydrogen (secondary N) is 3. The molecule has 14 heteroatoms. The van der Waals surface area contributed by atoms with Crippen LogP contribution in [0.1, 0.15) is 18.5 Å². The predicted octanol–water partition coefficient (Wildman–Crippen LogP) is 1.20. The van der Waals surface area contributed by atoms with E-state index in [9.17, 15) is 18.0 Å². The summed E-state index contributed by atoms with van der Waals surface area (Å²) in [5, 5.41) is 30.7. The predicted molar refractivity (Wildman–Crippen MR) is 102 cm³/mol. The van der Waals surface area contributed by atoms with E-state index >= 15 is 0 Å². The molecule has 1 aromatic heterocycles. The van der Waals surface area contributed by atoms with Crippen molar-refractivity contribution in [3.05, 3.63) is 34.2 Å². The van der Waals surface area contributed by atoms with Crippen LogP contribution in [0.15, 0.2) is 32.5 Å². The molecule has 0 atom stereocenters. The van der Waals surface area contributed by atoms with Crippen LogP contribution in [0.25, 0.3) is 0 Å². The number of anilines is 2. The Kier molecular flexibility index (Phi) is 5.83. The van der Waals surface area contributed by atoms with Gasteiger partial charge in [-0.15, -0.1) is 0 Å². The first kappa shape index (κ1) is 20.4. The Morgan fingerprint density at radius 3 is 2.75 bits per heavy atom. The fourth-order valence-corrected chi connectivity index (χ4v) is 3.31. The molecule has 0 unspecified atom stereocenters. The van der Waals surface area contributed by atoms with Crippen molar-refractivity contribution in [2.45, 2.75) is 12.8 Å². The molecule has 2 aromatic rings. The molecule has 6 N–H and O–H groups in total. The number of benzene rings is 1. The van der Waals surface area contributed by atoms with Crippen molar-refractivity contribution in [1.29, 1.82) is 0 Å².